The quantitative estimate of drug-likeness (QED) is 0.648. The summed E-state index contributed by atoms with van der Waals surface area (Å²) in [5.41, 5.74) is 5.68. The lowest BCUT2D eigenvalue weighted by atomic mass is 10.1. The van der Waals surface area contributed by atoms with Crippen LogP contribution in [0.15, 0.2) is 35.1 Å². The Morgan fingerprint density at radius 1 is 1.20 bits per heavy atom. The summed E-state index contributed by atoms with van der Waals surface area (Å²) in [6.07, 6.45) is 3.62. The summed E-state index contributed by atoms with van der Waals surface area (Å²) in [7, 11) is 0. The maximum absolute atomic E-state index is 12.6. The van der Waals surface area contributed by atoms with Gasteiger partial charge in [0.15, 0.2) is 5.13 Å². The number of furan rings is 1. The van der Waals surface area contributed by atoms with E-state index in [4.69, 9.17) is 4.42 Å². The van der Waals surface area contributed by atoms with E-state index in [0.717, 1.165) is 40.4 Å². The van der Waals surface area contributed by atoms with E-state index in [0.29, 0.717) is 23.8 Å². The molecule has 0 fully saturated rings. The summed E-state index contributed by atoms with van der Waals surface area (Å²) in [6, 6.07) is 5.76. The second-order valence-corrected chi connectivity index (χ2v) is 8.72. The van der Waals surface area contributed by atoms with Gasteiger partial charge in [0.05, 0.1) is 24.1 Å². The Morgan fingerprint density at radius 2 is 1.97 bits per heavy atom. The highest BCUT2D eigenvalue weighted by atomic mass is 32.1. The van der Waals surface area contributed by atoms with Crippen LogP contribution < -0.4 is 10.6 Å². The molecular formula is C22H24N4O3S. The number of benzene rings is 1. The van der Waals surface area contributed by atoms with Gasteiger partial charge in [0.2, 0.25) is 5.91 Å². The highest BCUT2D eigenvalue weighted by Gasteiger charge is 2.23. The molecule has 1 aromatic carbocycles. The third-order valence-corrected chi connectivity index (χ3v) is 6.12. The maximum atomic E-state index is 12.6. The zero-order chi connectivity index (χ0) is 21.3. The second kappa shape index (κ2) is 8.41. The molecular weight excluding hydrogens is 400 g/mol. The number of fused-ring (bicyclic) bond motifs is 1. The number of carbonyl (C=O) groups excluding carboxylic acids is 2. The molecule has 3 heterocycles. The van der Waals surface area contributed by atoms with Crippen LogP contribution in [-0.2, 0) is 17.8 Å². The van der Waals surface area contributed by atoms with Crippen LogP contribution in [0.4, 0.5) is 10.8 Å². The Balaban J connectivity index is 1.37. The highest BCUT2D eigenvalue weighted by Crippen LogP contribution is 2.29. The molecule has 1 aliphatic heterocycles. The molecule has 2 amide bonds. The molecule has 8 heteroatoms. The zero-order valence-corrected chi connectivity index (χ0v) is 18.1. The van der Waals surface area contributed by atoms with Gasteiger partial charge in [0, 0.05) is 30.1 Å². The van der Waals surface area contributed by atoms with Crippen molar-refractivity contribution in [1.29, 1.82) is 0 Å². The van der Waals surface area contributed by atoms with Crippen molar-refractivity contribution < 1.29 is 14.0 Å². The van der Waals surface area contributed by atoms with Crippen LogP contribution in [0.5, 0.6) is 0 Å². The SMILES string of the molecule is Cc1cc(C)c(NC(=O)CN2CCc3nc(NC(=O)c4ccoc4)sc3C2)c(C)c1. The average Bonchev–Trinajstić information content (AvgIpc) is 3.33. The van der Waals surface area contributed by atoms with Crippen molar-refractivity contribution in [2.45, 2.75) is 33.7 Å². The first-order chi connectivity index (χ1) is 14.4. The summed E-state index contributed by atoms with van der Waals surface area (Å²) >= 11 is 1.46. The molecule has 2 N–H and O–H groups in total. The molecule has 2 aromatic heterocycles. The molecule has 0 atom stereocenters. The van der Waals surface area contributed by atoms with Crippen LogP contribution in [0, 0.1) is 20.8 Å². The summed E-state index contributed by atoms with van der Waals surface area (Å²) in [6.45, 7) is 7.80. The smallest absolute Gasteiger partial charge is 0.260 e. The number of nitrogens with one attached hydrogen (secondary N) is 2. The highest BCUT2D eigenvalue weighted by molar-refractivity contribution is 7.15. The van der Waals surface area contributed by atoms with E-state index in [-0.39, 0.29) is 11.8 Å². The fourth-order valence-corrected chi connectivity index (χ4v) is 4.80. The van der Waals surface area contributed by atoms with Crippen LogP contribution >= 0.6 is 11.3 Å². The molecule has 156 valence electrons. The van der Waals surface area contributed by atoms with Crippen molar-refractivity contribution in [3.8, 4) is 0 Å². The van der Waals surface area contributed by atoms with E-state index < -0.39 is 0 Å². The molecule has 0 spiro atoms. The van der Waals surface area contributed by atoms with Gasteiger partial charge in [-0.2, -0.15) is 0 Å². The van der Waals surface area contributed by atoms with Crippen molar-refractivity contribution >= 4 is 34.0 Å². The average molecular weight is 425 g/mol. The predicted octanol–water partition coefficient (Wildman–Crippen LogP) is 3.91. The Morgan fingerprint density at radius 3 is 2.67 bits per heavy atom. The van der Waals surface area contributed by atoms with E-state index in [1.165, 1.54) is 29.4 Å². The van der Waals surface area contributed by atoms with Crippen molar-refractivity contribution in [2.75, 3.05) is 23.7 Å². The monoisotopic (exact) mass is 424 g/mol. The van der Waals surface area contributed by atoms with Crippen LogP contribution in [0.25, 0.3) is 0 Å². The van der Waals surface area contributed by atoms with Gasteiger partial charge in [0.1, 0.15) is 6.26 Å². The van der Waals surface area contributed by atoms with Crippen LogP contribution in [0.3, 0.4) is 0 Å². The molecule has 0 bridgehead atoms. The minimum atomic E-state index is -0.241. The fraction of sp³-hybridized carbons (Fsp3) is 0.318. The number of anilines is 2. The molecule has 4 rings (SSSR count). The van der Waals surface area contributed by atoms with E-state index in [9.17, 15) is 9.59 Å². The number of aromatic nitrogens is 1. The fourth-order valence-electron chi connectivity index (χ4n) is 3.76. The number of amides is 2. The molecule has 7 nitrogen and oxygen atoms in total. The van der Waals surface area contributed by atoms with Crippen molar-refractivity contribution in [1.82, 2.24) is 9.88 Å². The molecule has 0 radical (unpaired) electrons. The number of rotatable bonds is 5. The third-order valence-electron chi connectivity index (χ3n) is 5.12. The standard InChI is InChI=1S/C22H24N4O3S/c1-13-8-14(2)20(15(3)9-13)24-19(27)11-26-6-4-17-18(10-26)30-22(23-17)25-21(28)16-5-7-29-12-16/h5,7-9,12H,4,6,10-11H2,1-3H3,(H,24,27)(H,23,25,28). The van der Waals surface area contributed by atoms with Crippen LogP contribution in [0.2, 0.25) is 0 Å². The number of nitrogens with zero attached hydrogens (tertiary/aromatic N) is 2. The lowest BCUT2D eigenvalue weighted by Crippen LogP contribution is -2.36. The van der Waals surface area contributed by atoms with E-state index in [2.05, 4.69) is 39.6 Å². The normalized spacial score (nSPS) is 13.7. The first-order valence-corrected chi connectivity index (χ1v) is 10.6. The van der Waals surface area contributed by atoms with Gasteiger partial charge in [-0.1, -0.05) is 17.7 Å². The van der Waals surface area contributed by atoms with Gasteiger partial charge < -0.3 is 9.73 Å². The van der Waals surface area contributed by atoms with Gasteiger partial charge >= 0.3 is 0 Å². The summed E-state index contributed by atoms with van der Waals surface area (Å²) in [5, 5.41) is 6.46. The first-order valence-electron chi connectivity index (χ1n) is 9.81. The Kier molecular flexibility index (Phi) is 5.69. The summed E-state index contributed by atoms with van der Waals surface area (Å²) < 4.78 is 4.95. The van der Waals surface area contributed by atoms with E-state index in [1.807, 2.05) is 13.8 Å². The molecule has 0 aliphatic carbocycles. The van der Waals surface area contributed by atoms with Gasteiger partial charge in [-0.05, 0) is 38.0 Å². The van der Waals surface area contributed by atoms with Gasteiger partial charge in [-0.15, -0.1) is 11.3 Å². The molecule has 3 aromatic rings. The van der Waals surface area contributed by atoms with Crippen molar-refractivity contribution in [3.63, 3.8) is 0 Å². The molecule has 0 unspecified atom stereocenters. The summed E-state index contributed by atoms with van der Waals surface area (Å²) in [5.74, 6) is -0.263. The number of thiazole rings is 1. The summed E-state index contributed by atoms with van der Waals surface area (Å²) in [4.78, 5) is 32.5. The predicted molar refractivity (Wildman–Crippen MR) is 117 cm³/mol. The number of hydrogen-bond donors (Lipinski definition) is 2. The third kappa shape index (κ3) is 4.44. The zero-order valence-electron chi connectivity index (χ0n) is 17.2. The van der Waals surface area contributed by atoms with E-state index in [1.54, 1.807) is 6.07 Å². The van der Waals surface area contributed by atoms with Gasteiger partial charge in [-0.25, -0.2) is 4.98 Å². The Bertz CT molecular complexity index is 1070. The van der Waals surface area contributed by atoms with Crippen molar-refractivity contribution in [2.24, 2.45) is 0 Å². The van der Waals surface area contributed by atoms with E-state index >= 15 is 0 Å². The lowest BCUT2D eigenvalue weighted by molar-refractivity contribution is -0.117. The Hall–Kier alpha value is -2.97. The molecule has 0 saturated heterocycles. The molecule has 0 saturated carbocycles. The number of carbonyl (C=O) groups is 2. The minimum absolute atomic E-state index is 0.0218. The van der Waals surface area contributed by atoms with Crippen molar-refractivity contribution in [3.05, 3.63) is 63.6 Å². The number of aryl methyl sites for hydroxylation is 3. The first kappa shape index (κ1) is 20.3. The van der Waals surface area contributed by atoms with Gasteiger partial charge in [0.25, 0.3) is 5.91 Å². The molecule has 1 aliphatic rings. The number of hydrogen-bond acceptors (Lipinski definition) is 6. The van der Waals surface area contributed by atoms with Crippen LogP contribution in [0.1, 0.15) is 37.6 Å². The second-order valence-electron chi connectivity index (χ2n) is 7.64. The minimum Gasteiger partial charge on any atom is -0.472 e. The molecule has 30 heavy (non-hydrogen) atoms. The topological polar surface area (TPSA) is 87.5 Å². The van der Waals surface area contributed by atoms with Crippen LogP contribution in [-0.4, -0.2) is 34.8 Å². The maximum Gasteiger partial charge on any atom is 0.260 e. The van der Waals surface area contributed by atoms with Gasteiger partial charge in [-0.3, -0.25) is 19.8 Å². The Labute approximate surface area is 179 Å². The largest absolute Gasteiger partial charge is 0.472 e. The lowest BCUT2D eigenvalue weighted by Gasteiger charge is -2.25.